The molecule has 0 saturated carbocycles. The third-order valence-corrected chi connectivity index (χ3v) is 9.55. The maximum atomic E-state index is 13.7. The van der Waals surface area contributed by atoms with Crippen LogP contribution in [0.3, 0.4) is 0 Å². The third kappa shape index (κ3) is 8.30. The minimum Gasteiger partial charge on any atom is -0.497 e. The van der Waals surface area contributed by atoms with Crippen molar-refractivity contribution in [2.24, 2.45) is 0 Å². The van der Waals surface area contributed by atoms with Crippen LogP contribution in [-0.4, -0.2) is 50.2 Å². The van der Waals surface area contributed by atoms with Gasteiger partial charge in [-0.25, -0.2) is 4.39 Å². The van der Waals surface area contributed by atoms with Gasteiger partial charge >= 0.3 is 11.9 Å². The fourth-order valence-electron chi connectivity index (χ4n) is 6.11. The Balaban J connectivity index is 0.000000198. The number of hydrogen-bond acceptors (Lipinski definition) is 5. The van der Waals surface area contributed by atoms with Crippen LogP contribution in [0.4, 0.5) is 4.39 Å². The number of carboxylic acid groups (broad SMARTS) is 2. The van der Waals surface area contributed by atoms with Crippen molar-refractivity contribution in [3.05, 3.63) is 142 Å². The lowest BCUT2D eigenvalue weighted by Crippen LogP contribution is -2.10. The summed E-state index contributed by atoms with van der Waals surface area (Å²) in [6.45, 7) is 3.62. The Morgan fingerprint density at radius 1 is 0.843 bits per heavy atom. The zero-order chi connectivity index (χ0) is 36.8. The van der Waals surface area contributed by atoms with E-state index in [9.17, 15) is 28.1 Å². The van der Waals surface area contributed by atoms with Crippen molar-refractivity contribution >= 4 is 62.8 Å². The number of carbonyl (C=O) groups is 3. The summed E-state index contributed by atoms with van der Waals surface area (Å²) < 4.78 is 31.9. The first-order valence-electron chi connectivity index (χ1n) is 15.9. The molecule has 10 heteroatoms. The van der Waals surface area contributed by atoms with Gasteiger partial charge in [-0.3, -0.25) is 23.2 Å². The standard InChI is InChI=1S/C21H19NO4.C20H17FO3S/c1-14-17(13-21(24)25)18-12-16(26-2)9-10-19(18)22(14)20(23)11-8-15-6-4-3-5-7-15;1-12-17(9-13-3-6-15(7-4-13)25(2)24)16-8-5-14(21)10-19(16)18(12)11-20(22)23/h3-12H,13H2,1-2H3,(H,24,25);3-10H,11H2,1-2H3,(H,22,23)/b11-8+;17-9-. The summed E-state index contributed by atoms with van der Waals surface area (Å²) in [6.07, 6.45) is 6.51. The highest BCUT2D eigenvalue weighted by Crippen LogP contribution is 2.43. The molecule has 260 valence electrons. The van der Waals surface area contributed by atoms with Crippen LogP contribution < -0.4 is 4.74 Å². The second-order valence-electron chi connectivity index (χ2n) is 11.9. The number of aliphatic carboxylic acids is 2. The van der Waals surface area contributed by atoms with E-state index in [0.29, 0.717) is 39.0 Å². The van der Waals surface area contributed by atoms with Gasteiger partial charge in [-0.2, -0.15) is 0 Å². The van der Waals surface area contributed by atoms with Crippen LogP contribution in [0.1, 0.15) is 51.7 Å². The van der Waals surface area contributed by atoms with E-state index in [1.54, 1.807) is 67.3 Å². The number of rotatable bonds is 9. The summed E-state index contributed by atoms with van der Waals surface area (Å²) in [6, 6.07) is 26.6. The molecule has 0 aliphatic heterocycles. The average Bonchev–Trinajstić information content (AvgIpc) is 3.52. The molecular formula is C41H36FNO7S. The van der Waals surface area contributed by atoms with Gasteiger partial charge in [0.25, 0.3) is 5.91 Å². The third-order valence-electron chi connectivity index (χ3n) is 8.61. The van der Waals surface area contributed by atoms with Gasteiger partial charge in [-0.15, -0.1) is 0 Å². The monoisotopic (exact) mass is 705 g/mol. The second-order valence-corrected chi connectivity index (χ2v) is 13.3. The number of ether oxygens (including phenoxy) is 1. The van der Waals surface area contributed by atoms with Crippen molar-refractivity contribution in [2.75, 3.05) is 13.4 Å². The first-order chi connectivity index (χ1) is 24.4. The zero-order valence-electron chi connectivity index (χ0n) is 28.5. The Morgan fingerprint density at radius 3 is 2.16 bits per heavy atom. The lowest BCUT2D eigenvalue weighted by atomic mass is 10.0. The minimum atomic E-state index is -1.04. The van der Waals surface area contributed by atoms with Crippen molar-refractivity contribution in [3.63, 3.8) is 0 Å². The summed E-state index contributed by atoms with van der Waals surface area (Å²) in [5, 5.41) is 19.1. The molecule has 0 fully saturated rings. The predicted molar refractivity (Wildman–Crippen MR) is 199 cm³/mol. The average molecular weight is 706 g/mol. The molecule has 1 unspecified atom stereocenters. The van der Waals surface area contributed by atoms with Gasteiger partial charge < -0.3 is 14.9 Å². The van der Waals surface area contributed by atoms with Gasteiger partial charge in [-0.1, -0.05) is 48.5 Å². The fourth-order valence-corrected chi connectivity index (χ4v) is 6.63. The number of carboxylic acids is 2. The first kappa shape index (κ1) is 36.4. The summed E-state index contributed by atoms with van der Waals surface area (Å²) in [7, 11) is 0.515. The van der Waals surface area contributed by atoms with E-state index < -0.39 is 22.7 Å². The summed E-state index contributed by atoms with van der Waals surface area (Å²) >= 11 is 0. The topological polar surface area (TPSA) is 123 Å². The molecule has 0 amide bonds. The number of benzene rings is 4. The highest BCUT2D eigenvalue weighted by atomic mass is 32.2. The van der Waals surface area contributed by atoms with Crippen molar-refractivity contribution in [3.8, 4) is 5.75 Å². The molecule has 1 heterocycles. The van der Waals surface area contributed by atoms with Gasteiger partial charge in [0, 0.05) is 39.1 Å². The van der Waals surface area contributed by atoms with Crippen molar-refractivity contribution in [1.82, 2.24) is 4.57 Å². The molecule has 51 heavy (non-hydrogen) atoms. The smallest absolute Gasteiger partial charge is 0.307 e. The van der Waals surface area contributed by atoms with Crippen molar-refractivity contribution in [1.29, 1.82) is 0 Å². The number of halogens is 1. The van der Waals surface area contributed by atoms with Crippen LogP contribution in [0.2, 0.25) is 0 Å². The number of fused-ring (bicyclic) bond motifs is 2. The highest BCUT2D eigenvalue weighted by Gasteiger charge is 2.25. The molecule has 4 aromatic carbocycles. The van der Waals surface area contributed by atoms with E-state index >= 15 is 0 Å². The number of carbonyl (C=O) groups excluding carboxylic acids is 1. The summed E-state index contributed by atoms with van der Waals surface area (Å²) in [4.78, 5) is 36.0. The molecule has 1 aromatic heterocycles. The molecule has 0 saturated heterocycles. The van der Waals surface area contributed by atoms with Crippen LogP contribution >= 0.6 is 0 Å². The lowest BCUT2D eigenvalue weighted by Gasteiger charge is -2.05. The molecule has 1 aliphatic carbocycles. The molecule has 6 rings (SSSR count). The number of nitrogens with zero attached hydrogens (tertiary/aromatic N) is 1. The Kier molecular flexibility index (Phi) is 11.3. The van der Waals surface area contributed by atoms with E-state index in [4.69, 9.17) is 9.84 Å². The first-order valence-corrected chi connectivity index (χ1v) is 17.5. The molecule has 2 N–H and O–H groups in total. The summed E-state index contributed by atoms with van der Waals surface area (Å²) in [5.41, 5.74) is 7.57. The maximum Gasteiger partial charge on any atom is 0.307 e. The van der Waals surface area contributed by atoms with Crippen LogP contribution in [0.15, 0.2) is 108 Å². The lowest BCUT2D eigenvalue weighted by molar-refractivity contribution is -0.137. The molecule has 0 radical (unpaired) electrons. The number of methoxy groups -OCH3 is 1. The van der Waals surface area contributed by atoms with Gasteiger partial charge in [0.05, 0.1) is 25.5 Å². The van der Waals surface area contributed by atoms with E-state index in [0.717, 1.165) is 32.7 Å². The molecule has 1 aliphatic rings. The van der Waals surface area contributed by atoms with E-state index in [2.05, 4.69) is 0 Å². The Morgan fingerprint density at radius 2 is 1.53 bits per heavy atom. The van der Waals surface area contributed by atoms with Gasteiger partial charge in [0.2, 0.25) is 0 Å². The predicted octanol–water partition coefficient (Wildman–Crippen LogP) is 8.30. The number of hydrogen-bond donors (Lipinski definition) is 2. The van der Waals surface area contributed by atoms with Gasteiger partial charge in [0.1, 0.15) is 11.6 Å². The summed E-state index contributed by atoms with van der Waals surface area (Å²) in [5.74, 6) is -1.87. The minimum absolute atomic E-state index is 0.145. The second kappa shape index (κ2) is 15.8. The highest BCUT2D eigenvalue weighted by molar-refractivity contribution is 7.84. The molecule has 1 atom stereocenters. The van der Waals surface area contributed by atoms with Crippen molar-refractivity contribution < 1.29 is 37.9 Å². The molecular weight excluding hydrogens is 670 g/mol. The van der Waals surface area contributed by atoms with Crippen LogP contribution in [0, 0.1) is 12.7 Å². The van der Waals surface area contributed by atoms with E-state index in [1.165, 1.54) is 18.2 Å². The van der Waals surface area contributed by atoms with Crippen LogP contribution in [-0.2, 0) is 26.8 Å². The Hall–Kier alpha value is -5.87. The largest absolute Gasteiger partial charge is 0.497 e. The fraction of sp³-hybridized carbons (Fsp3) is 0.146. The number of aromatic nitrogens is 1. The quantitative estimate of drug-likeness (QED) is 0.148. The molecule has 0 bridgehead atoms. The number of allylic oxidation sites excluding steroid dienone is 3. The normalized spacial score (nSPS) is 13.6. The van der Waals surface area contributed by atoms with Gasteiger partial charge in [-0.05, 0) is 113 Å². The van der Waals surface area contributed by atoms with Crippen LogP contribution in [0.5, 0.6) is 5.75 Å². The molecule has 8 nitrogen and oxygen atoms in total. The van der Waals surface area contributed by atoms with Crippen molar-refractivity contribution in [2.45, 2.75) is 31.6 Å². The SMILES string of the molecule is CC1=C(CC(=O)O)c2cc(F)ccc2/C1=C\c1ccc(S(C)=O)cc1.COc1ccc2c(c1)c(CC(=O)O)c(C)n2C(=O)/C=C/c1ccccc1. The van der Waals surface area contributed by atoms with Crippen LogP contribution in [0.25, 0.3) is 34.2 Å². The molecule has 0 spiro atoms. The van der Waals surface area contributed by atoms with E-state index in [-0.39, 0.29) is 24.6 Å². The Labute approximate surface area is 297 Å². The van der Waals surface area contributed by atoms with E-state index in [1.807, 2.05) is 55.5 Å². The zero-order valence-corrected chi connectivity index (χ0v) is 29.3. The molecule has 5 aromatic rings. The van der Waals surface area contributed by atoms with Gasteiger partial charge in [0.15, 0.2) is 0 Å². The maximum absolute atomic E-state index is 13.7. The Bertz CT molecular complexity index is 2270.